The van der Waals surface area contributed by atoms with E-state index in [2.05, 4.69) is 192 Å². The number of hydrogen-bond donors (Lipinski definition) is 0. The van der Waals surface area contributed by atoms with Crippen LogP contribution in [0, 0.1) is 0 Å². The first-order chi connectivity index (χ1) is 31.1. The van der Waals surface area contributed by atoms with Crippen molar-refractivity contribution in [2.75, 3.05) is 0 Å². The van der Waals surface area contributed by atoms with Crippen molar-refractivity contribution in [2.24, 2.45) is 0 Å². The molecule has 1 heterocycles. The van der Waals surface area contributed by atoms with Gasteiger partial charge in [0.05, 0.1) is 11.0 Å². The Kier molecular flexibility index (Phi) is 12.1. The van der Waals surface area contributed by atoms with Crippen LogP contribution in [0.15, 0.2) is 162 Å². The molecule has 0 fully saturated rings. The minimum Gasteiger partial charge on any atom is -0.309 e. The van der Waals surface area contributed by atoms with Gasteiger partial charge < -0.3 is 4.57 Å². The van der Waals surface area contributed by atoms with Crippen molar-refractivity contribution in [1.29, 1.82) is 0 Å². The maximum Gasteiger partial charge on any atom is 0.0541 e. The van der Waals surface area contributed by atoms with E-state index < -0.39 is 0 Å². The van der Waals surface area contributed by atoms with Crippen LogP contribution < -0.4 is 0 Å². The predicted octanol–water partition coefficient (Wildman–Crippen LogP) is 19.0. The lowest BCUT2D eigenvalue weighted by Gasteiger charge is -2.33. The van der Waals surface area contributed by atoms with Crippen molar-refractivity contribution < 1.29 is 0 Å². The molecule has 2 heteroatoms. The standard InChI is InChI=1S/C61H60BrN/c1-3-5-7-9-11-17-37-61(38-18-12-10-8-6-4-2)57-41-47(62)31-33-53(57)54-34-32-48(42-58(54)61)63-59-35-29-45(51-27-19-23-43-21-13-15-25-49(43)51)39-55(59)56-40-46(30-36-60(56)63)52-28-20-24-44-22-14-16-26-50(44)52/h13-16,19-36,39-42H,3-12,17-18,37-38H2,1-2H3. The normalized spacial score (nSPS) is 13.1. The molecule has 0 bridgehead atoms. The van der Waals surface area contributed by atoms with E-state index in [9.17, 15) is 0 Å². The van der Waals surface area contributed by atoms with Gasteiger partial charge >= 0.3 is 0 Å². The summed E-state index contributed by atoms with van der Waals surface area (Å²) in [5.74, 6) is 0. The van der Waals surface area contributed by atoms with E-state index >= 15 is 0 Å². The second-order valence-corrected chi connectivity index (χ2v) is 19.3. The lowest BCUT2D eigenvalue weighted by Crippen LogP contribution is -2.26. The van der Waals surface area contributed by atoms with Gasteiger partial charge in [-0.05, 0) is 127 Å². The van der Waals surface area contributed by atoms with Crippen LogP contribution in [0.25, 0.3) is 82.4 Å². The number of rotatable bonds is 17. The van der Waals surface area contributed by atoms with Crippen molar-refractivity contribution in [2.45, 2.75) is 109 Å². The zero-order valence-corrected chi connectivity index (χ0v) is 38.8. The van der Waals surface area contributed by atoms with E-state index in [-0.39, 0.29) is 5.41 Å². The monoisotopic (exact) mass is 885 g/mol. The van der Waals surface area contributed by atoms with Gasteiger partial charge in [-0.3, -0.25) is 0 Å². The van der Waals surface area contributed by atoms with E-state index in [4.69, 9.17) is 0 Å². The predicted molar refractivity (Wildman–Crippen MR) is 277 cm³/mol. The first-order valence-corrected chi connectivity index (χ1v) is 24.9. The average molecular weight is 887 g/mol. The highest BCUT2D eigenvalue weighted by Gasteiger charge is 2.42. The smallest absolute Gasteiger partial charge is 0.0541 e. The summed E-state index contributed by atoms with van der Waals surface area (Å²) in [6.45, 7) is 4.64. The summed E-state index contributed by atoms with van der Waals surface area (Å²) < 4.78 is 3.76. The molecule has 0 saturated heterocycles. The third kappa shape index (κ3) is 7.84. The SMILES string of the molecule is CCCCCCCCC1(CCCCCCCC)c2cc(Br)ccc2-c2ccc(-n3c4ccc(-c5cccc6ccccc56)cc4c4cc(-c5cccc6ccccc56)ccc43)cc21. The summed E-state index contributed by atoms with van der Waals surface area (Å²) in [4.78, 5) is 0. The first kappa shape index (κ1) is 41.6. The van der Waals surface area contributed by atoms with E-state index in [1.165, 1.54) is 188 Å². The highest BCUT2D eigenvalue weighted by molar-refractivity contribution is 9.10. The van der Waals surface area contributed by atoms with Gasteiger partial charge in [-0.25, -0.2) is 0 Å². The molecule has 1 aromatic heterocycles. The molecule has 9 aromatic rings. The lowest BCUT2D eigenvalue weighted by molar-refractivity contribution is 0.397. The zero-order valence-electron chi connectivity index (χ0n) is 37.2. The Bertz CT molecular complexity index is 2910. The van der Waals surface area contributed by atoms with E-state index in [0.29, 0.717) is 0 Å². The second kappa shape index (κ2) is 18.3. The van der Waals surface area contributed by atoms with Crippen molar-refractivity contribution in [3.05, 3.63) is 173 Å². The van der Waals surface area contributed by atoms with Crippen LogP contribution in [0.2, 0.25) is 0 Å². The van der Waals surface area contributed by atoms with Gasteiger partial charge in [0.2, 0.25) is 0 Å². The Balaban J connectivity index is 1.15. The number of unbranched alkanes of at least 4 members (excludes halogenated alkanes) is 10. The minimum atomic E-state index is -0.0121. The average Bonchev–Trinajstić information content (AvgIpc) is 3.79. The molecule has 10 rings (SSSR count). The zero-order chi connectivity index (χ0) is 42.8. The fourth-order valence-electron chi connectivity index (χ4n) is 11.3. The summed E-state index contributed by atoms with van der Waals surface area (Å²) in [5, 5.41) is 7.69. The Morgan fingerprint density at radius 1 is 0.397 bits per heavy atom. The maximum absolute atomic E-state index is 3.95. The number of halogens is 1. The van der Waals surface area contributed by atoms with Gasteiger partial charge in [0.15, 0.2) is 0 Å². The highest BCUT2D eigenvalue weighted by Crippen LogP contribution is 2.55. The minimum absolute atomic E-state index is 0.0121. The van der Waals surface area contributed by atoms with Gasteiger partial charge in [-0.1, -0.05) is 216 Å². The van der Waals surface area contributed by atoms with Gasteiger partial charge in [0, 0.05) is 26.3 Å². The fraction of sp³-hybridized carbons (Fsp3) is 0.279. The Labute approximate surface area is 383 Å². The molecule has 0 amide bonds. The van der Waals surface area contributed by atoms with Gasteiger partial charge in [-0.15, -0.1) is 0 Å². The number of nitrogens with zero attached hydrogens (tertiary/aromatic N) is 1. The summed E-state index contributed by atoms with van der Waals surface area (Å²) in [7, 11) is 0. The molecule has 0 saturated carbocycles. The molecule has 1 nitrogen and oxygen atoms in total. The van der Waals surface area contributed by atoms with Crippen molar-refractivity contribution >= 4 is 59.3 Å². The summed E-state index contributed by atoms with van der Waals surface area (Å²) in [5.41, 5.74) is 14.7. The molecule has 1 aliphatic rings. The largest absolute Gasteiger partial charge is 0.309 e. The highest BCUT2D eigenvalue weighted by atomic mass is 79.9. The van der Waals surface area contributed by atoms with Gasteiger partial charge in [-0.2, -0.15) is 0 Å². The molecular formula is C61H60BrN. The number of benzene rings is 8. The molecule has 0 aliphatic heterocycles. The molecule has 0 radical (unpaired) electrons. The van der Waals surface area contributed by atoms with Crippen LogP contribution in [0.4, 0.5) is 0 Å². The molecule has 316 valence electrons. The molecule has 0 spiro atoms. The van der Waals surface area contributed by atoms with Crippen LogP contribution in [-0.2, 0) is 5.41 Å². The third-order valence-electron chi connectivity index (χ3n) is 14.4. The number of fused-ring (bicyclic) bond motifs is 8. The Morgan fingerprint density at radius 3 is 1.43 bits per heavy atom. The van der Waals surface area contributed by atoms with Crippen molar-refractivity contribution in [3.63, 3.8) is 0 Å². The van der Waals surface area contributed by atoms with Crippen LogP contribution in [0.3, 0.4) is 0 Å². The van der Waals surface area contributed by atoms with Gasteiger partial charge in [0.1, 0.15) is 0 Å². The van der Waals surface area contributed by atoms with Crippen LogP contribution in [0.5, 0.6) is 0 Å². The molecule has 1 aliphatic carbocycles. The maximum atomic E-state index is 3.95. The van der Waals surface area contributed by atoms with Crippen LogP contribution in [0.1, 0.15) is 115 Å². The molecular weight excluding hydrogens is 827 g/mol. The number of hydrogen-bond acceptors (Lipinski definition) is 0. The first-order valence-electron chi connectivity index (χ1n) is 24.1. The molecule has 8 aromatic carbocycles. The van der Waals surface area contributed by atoms with Crippen LogP contribution in [-0.4, -0.2) is 4.57 Å². The summed E-state index contributed by atoms with van der Waals surface area (Å²) in [6, 6.07) is 60.1. The van der Waals surface area contributed by atoms with Crippen LogP contribution >= 0.6 is 15.9 Å². The Hall–Kier alpha value is -5.44. The van der Waals surface area contributed by atoms with Crippen molar-refractivity contribution in [1.82, 2.24) is 4.57 Å². The quantitative estimate of drug-likeness (QED) is 0.0803. The topological polar surface area (TPSA) is 4.93 Å². The summed E-state index contributed by atoms with van der Waals surface area (Å²) >= 11 is 3.95. The van der Waals surface area contributed by atoms with E-state index in [0.717, 1.165) is 0 Å². The summed E-state index contributed by atoms with van der Waals surface area (Å²) in [6.07, 6.45) is 18.2. The van der Waals surface area contributed by atoms with Gasteiger partial charge in [0.25, 0.3) is 0 Å². The third-order valence-corrected chi connectivity index (χ3v) is 14.9. The number of aromatic nitrogens is 1. The molecule has 0 unspecified atom stereocenters. The Morgan fingerprint density at radius 2 is 0.873 bits per heavy atom. The molecule has 63 heavy (non-hydrogen) atoms. The second-order valence-electron chi connectivity index (χ2n) is 18.4. The van der Waals surface area contributed by atoms with E-state index in [1.807, 2.05) is 0 Å². The van der Waals surface area contributed by atoms with E-state index in [1.54, 1.807) is 0 Å². The lowest BCUT2D eigenvalue weighted by atomic mass is 9.70. The molecule has 0 atom stereocenters. The fourth-order valence-corrected chi connectivity index (χ4v) is 11.6. The molecule has 0 N–H and O–H groups in total. The van der Waals surface area contributed by atoms with Crippen molar-refractivity contribution in [3.8, 4) is 39.1 Å².